The Morgan fingerprint density at radius 2 is 2.00 bits per heavy atom. The van der Waals surface area contributed by atoms with Gasteiger partial charge in [0.05, 0.1) is 18.8 Å². The zero-order valence-corrected chi connectivity index (χ0v) is 15.0. The van der Waals surface area contributed by atoms with Crippen LogP contribution in [0, 0.1) is 0 Å². The number of amides is 1. The van der Waals surface area contributed by atoms with E-state index >= 15 is 0 Å². The minimum absolute atomic E-state index is 0.241. The average Bonchev–Trinajstić information content (AvgIpc) is 3.01. The molecule has 2 aromatic carbocycles. The lowest BCUT2D eigenvalue weighted by Crippen LogP contribution is -2.12. The van der Waals surface area contributed by atoms with Gasteiger partial charge in [0, 0.05) is 15.4 Å². The van der Waals surface area contributed by atoms with E-state index in [0.717, 1.165) is 15.4 Å². The Bertz CT molecular complexity index is 864. The number of carbonyl (C=O) groups is 1. The average molecular weight is 406 g/mol. The Morgan fingerprint density at radius 1 is 1.20 bits per heavy atom. The Hall–Kier alpha value is -2.41. The van der Waals surface area contributed by atoms with Crippen LogP contribution in [0.25, 0.3) is 10.9 Å². The zero-order chi connectivity index (χ0) is 17.6. The van der Waals surface area contributed by atoms with E-state index in [-0.39, 0.29) is 12.6 Å². The lowest BCUT2D eigenvalue weighted by molar-refractivity contribution is 0.102. The second-order valence-corrected chi connectivity index (χ2v) is 6.40. The van der Waals surface area contributed by atoms with Crippen molar-refractivity contribution < 1.29 is 13.9 Å². The monoisotopic (exact) mass is 405 g/mol. The second-order valence-electron chi connectivity index (χ2n) is 5.49. The van der Waals surface area contributed by atoms with E-state index in [9.17, 15) is 9.18 Å². The molecule has 1 amide bonds. The van der Waals surface area contributed by atoms with Crippen LogP contribution in [0.2, 0.25) is 0 Å². The highest BCUT2D eigenvalue weighted by Gasteiger charge is 2.12. The molecule has 0 unspecified atom stereocenters. The van der Waals surface area contributed by atoms with Crippen molar-refractivity contribution in [3.05, 3.63) is 52.5 Å². The minimum Gasteiger partial charge on any atom is -0.494 e. The fraction of sp³-hybridized carbons (Fsp3) is 0.222. The number of alkyl halides is 1. The summed E-state index contributed by atoms with van der Waals surface area (Å²) in [4.78, 5) is 12.3. The summed E-state index contributed by atoms with van der Waals surface area (Å²) >= 11 is 3.34. The molecule has 0 aliphatic rings. The molecule has 3 rings (SSSR count). The van der Waals surface area contributed by atoms with Crippen molar-refractivity contribution in [3.63, 3.8) is 0 Å². The van der Waals surface area contributed by atoms with Crippen LogP contribution < -0.4 is 10.1 Å². The summed E-state index contributed by atoms with van der Waals surface area (Å²) in [6, 6.07) is 12.5. The Labute approximate surface area is 152 Å². The third-order valence-electron chi connectivity index (χ3n) is 3.67. The molecule has 0 saturated heterocycles. The van der Waals surface area contributed by atoms with Gasteiger partial charge < -0.3 is 10.1 Å². The first-order valence-corrected chi connectivity index (χ1v) is 8.70. The second kappa shape index (κ2) is 8.11. The van der Waals surface area contributed by atoms with Gasteiger partial charge in [0.25, 0.3) is 5.91 Å². The lowest BCUT2D eigenvalue weighted by Gasteiger charge is -2.06. The number of hydrogen-bond donors (Lipinski definition) is 2. The van der Waals surface area contributed by atoms with E-state index in [1.54, 1.807) is 24.3 Å². The zero-order valence-electron chi connectivity index (χ0n) is 13.4. The normalized spacial score (nSPS) is 10.8. The summed E-state index contributed by atoms with van der Waals surface area (Å²) in [6.07, 6.45) is 1.15. The van der Waals surface area contributed by atoms with E-state index in [1.807, 2.05) is 18.2 Å². The van der Waals surface area contributed by atoms with Gasteiger partial charge in [-0.05, 0) is 55.3 Å². The molecule has 2 N–H and O–H groups in total. The molecule has 1 heterocycles. The van der Waals surface area contributed by atoms with E-state index in [4.69, 9.17) is 4.74 Å². The van der Waals surface area contributed by atoms with Gasteiger partial charge in [-0.2, -0.15) is 5.10 Å². The van der Waals surface area contributed by atoms with Crippen molar-refractivity contribution in [3.8, 4) is 5.75 Å². The van der Waals surface area contributed by atoms with Crippen LogP contribution in [0.5, 0.6) is 5.75 Å². The summed E-state index contributed by atoms with van der Waals surface area (Å²) in [5.74, 6) is 0.860. The van der Waals surface area contributed by atoms with Gasteiger partial charge >= 0.3 is 0 Å². The topological polar surface area (TPSA) is 67.0 Å². The van der Waals surface area contributed by atoms with Crippen LogP contribution >= 0.6 is 15.9 Å². The fourth-order valence-electron chi connectivity index (χ4n) is 2.35. The van der Waals surface area contributed by atoms with Crippen molar-refractivity contribution in [2.45, 2.75) is 12.8 Å². The smallest absolute Gasteiger partial charge is 0.256 e. The molecule has 1 aromatic heterocycles. The molecule has 0 saturated carbocycles. The van der Waals surface area contributed by atoms with Gasteiger partial charge in [0.15, 0.2) is 5.82 Å². The number of aromatic nitrogens is 2. The van der Waals surface area contributed by atoms with E-state index in [1.165, 1.54) is 0 Å². The van der Waals surface area contributed by atoms with E-state index in [2.05, 4.69) is 31.4 Å². The highest BCUT2D eigenvalue weighted by Crippen LogP contribution is 2.26. The predicted molar refractivity (Wildman–Crippen MR) is 98.9 cm³/mol. The maximum absolute atomic E-state index is 12.3. The van der Waals surface area contributed by atoms with Crippen molar-refractivity contribution in [1.29, 1.82) is 0 Å². The molecular weight excluding hydrogens is 389 g/mol. The van der Waals surface area contributed by atoms with Crippen molar-refractivity contribution in [1.82, 2.24) is 10.2 Å². The van der Waals surface area contributed by atoms with Gasteiger partial charge in [-0.3, -0.25) is 14.3 Å². The number of benzene rings is 2. The SMILES string of the molecule is O=C(Nc1n[nH]c2ccc(OCCCCF)cc12)c1ccc(Br)cc1. The highest BCUT2D eigenvalue weighted by atomic mass is 79.9. The molecule has 130 valence electrons. The number of H-pyrrole nitrogens is 1. The molecule has 0 fully saturated rings. The first-order valence-electron chi connectivity index (χ1n) is 7.91. The molecule has 0 radical (unpaired) electrons. The van der Waals surface area contributed by atoms with Crippen LogP contribution in [0.15, 0.2) is 46.9 Å². The molecule has 7 heteroatoms. The Balaban J connectivity index is 1.74. The number of unbranched alkanes of at least 4 members (excludes halogenated alkanes) is 1. The van der Waals surface area contributed by atoms with Crippen molar-refractivity contribution >= 4 is 38.6 Å². The quantitative estimate of drug-likeness (QED) is 0.559. The fourth-order valence-corrected chi connectivity index (χ4v) is 2.61. The predicted octanol–water partition coefficient (Wildman–Crippen LogP) is 4.71. The number of nitrogens with one attached hydrogen (secondary N) is 2. The molecule has 0 spiro atoms. The maximum Gasteiger partial charge on any atom is 0.256 e. The number of rotatable bonds is 7. The van der Waals surface area contributed by atoms with Crippen LogP contribution in [-0.4, -0.2) is 29.4 Å². The molecule has 0 bridgehead atoms. The first-order chi connectivity index (χ1) is 12.2. The summed E-state index contributed by atoms with van der Waals surface area (Å²) in [5.41, 5.74) is 1.33. The number of aromatic amines is 1. The number of nitrogens with zero attached hydrogens (tertiary/aromatic N) is 1. The lowest BCUT2D eigenvalue weighted by atomic mass is 10.2. The molecule has 0 aliphatic heterocycles. The Kier molecular flexibility index (Phi) is 5.65. The third kappa shape index (κ3) is 4.36. The molecular formula is C18H17BrFN3O2. The summed E-state index contributed by atoms with van der Waals surface area (Å²) in [5, 5.41) is 10.6. The molecule has 0 aliphatic carbocycles. The number of carbonyl (C=O) groups excluding carboxylic acids is 1. The number of hydrogen-bond acceptors (Lipinski definition) is 3. The van der Waals surface area contributed by atoms with E-state index in [0.29, 0.717) is 36.6 Å². The molecule has 25 heavy (non-hydrogen) atoms. The largest absolute Gasteiger partial charge is 0.494 e. The van der Waals surface area contributed by atoms with Crippen LogP contribution in [0.4, 0.5) is 10.2 Å². The van der Waals surface area contributed by atoms with Gasteiger partial charge in [-0.1, -0.05) is 15.9 Å². The molecule has 3 aromatic rings. The van der Waals surface area contributed by atoms with Crippen LogP contribution in [-0.2, 0) is 0 Å². The molecule has 5 nitrogen and oxygen atoms in total. The Morgan fingerprint density at radius 3 is 2.76 bits per heavy atom. The maximum atomic E-state index is 12.3. The third-order valence-corrected chi connectivity index (χ3v) is 4.20. The number of halogens is 2. The van der Waals surface area contributed by atoms with Gasteiger partial charge in [0.2, 0.25) is 0 Å². The number of anilines is 1. The van der Waals surface area contributed by atoms with Gasteiger partial charge in [-0.15, -0.1) is 0 Å². The minimum atomic E-state index is -0.337. The number of ether oxygens (including phenoxy) is 1. The van der Waals surface area contributed by atoms with Crippen LogP contribution in [0.1, 0.15) is 23.2 Å². The summed E-state index contributed by atoms with van der Waals surface area (Å²) < 4.78 is 18.6. The van der Waals surface area contributed by atoms with Gasteiger partial charge in [-0.25, -0.2) is 0 Å². The molecule has 0 atom stereocenters. The van der Waals surface area contributed by atoms with Crippen LogP contribution in [0.3, 0.4) is 0 Å². The standard InChI is InChI=1S/C18H17BrFN3O2/c19-13-5-3-12(4-6-13)18(24)21-17-15-11-14(25-10-2-1-9-20)7-8-16(15)22-23-17/h3-8,11H,1-2,9-10H2,(H2,21,22,23,24). The first kappa shape index (κ1) is 17.4. The summed E-state index contributed by atoms with van der Waals surface area (Å²) in [6.45, 7) is 0.115. The summed E-state index contributed by atoms with van der Waals surface area (Å²) in [7, 11) is 0. The van der Waals surface area contributed by atoms with Crippen molar-refractivity contribution in [2.75, 3.05) is 18.6 Å². The number of fused-ring (bicyclic) bond motifs is 1. The van der Waals surface area contributed by atoms with Crippen molar-refractivity contribution in [2.24, 2.45) is 0 Å². The van der Waals surface area contributed by atoms with Gasteiger partial charge in [0.1, 0.15) is 5.75 Å². The van der Waals surface area contributed by atoms with E-state index < -0.39 is 0 Å². The highest BCUT2D eigenvalue weighted by molar-refractivity contribution is 9.10.